The summed E-state index contributed by atoms with van der Waals surface area (Å²) in [4.78, 5) is 15.4. The Morgan fingerprint density at radius 1 is 1.12 bits per heavy atom. The van der Waals surface area contributed by atoms with Crippen LogP contribution in [0, 0.1) is 0 Å². The van der Waals surface area contributed by atoms with Crippen LogP contribution in [-0.4, -0.2) is 42.4 Å². The van der Waals surface area contributed by atoms with E-state index in [0.29, 0.717) is 17.4 Å². The van der Waals surface area contributed by atoms with Crippen LogP contribution in [0.25, 0.3) is 11.0 Å². The lowest BCUT2D eigenvalue weighted by molar-refractivity contribution is 0.348. The molecule has 0 bridgehead atoms. The van der Waals surface area contributed by atoms with Crippen molar-refractivity contribution in [2.24, 2.45) is 5.10 Å². The van der Waals surface area contributed by atoms with Crippen LogP contribution >= 0.6 is 12.4 Å². The van der Waals surface area contributed by atoms with Gasteiger partial charge in [-0.05, 0) is 50.0 Å². The molecule has 0 spiro atoms. The van der Waals surface area contributed by atoms with Gasteiger partial charge in [-0.2, -0.15) is 5.10 Å². The molecule has 4 rings (SSSR count). The van der Waals surface area contributed by atoms with Crippen molar-refractivity contribution in [1.82, 2.24) is 10.3 Å². The number of halogens is 1. The molecule has 1 unspecified atom stereocenters. The second kappa shape index (κ2) is 11.2. The molecule has 1 fully saturated rings. The molecule has 3 aromatic rings. The average Bonchev–Trinajstić information content (AvgIpc) is 3.31. The smallest absolute Gasteiger partial charge is 0.343 e. The van der Waals surface area contributed by atoms with E-state index in [-0.39, 0.29) is 29.6 Å². The standard InChI is InChI=1S/C25H29N3O3.ClH/c1-26-27-19(13-16-28-14-7-8-15-28)17-21(18-9-3-2-4-10-18)23-24(29)20-11-5-6-12-22(20)31-25(23)30;/h2-6,9-12,21,26,29H,7-8,13-17H2,1H3;1H/b27-19-;. The molecule has 32 heavy (non-hydrogen) atoms. The SMILES string of the molecule is CN/N=C(/CCN1CCCC1)CC(c1ccccc1)c1c(O)c2ccccc2oc1=O.Cl. The maximum atomic E-state index is 13.0. The van der Waals surface area contributed by atoms with Crippen LogP contribution in [0.2, 0.25) is 0 Å². The molecule has 2 N–H and O–H groups in total. The van der Waals surface area contributed by atoms with Gasteiger partial charge in [-0.15, -0.1) is 12.4 Å². The number of likely N-dealkylation sites (tertiary alicyclic amines) is 1. The molecule has 0 saturated carbocycles. The summed E-state index contributed by atoms with van der Waals surface area (Å²) in [5.74, 6) is -0.364. The van der Waals surface area contributed by atoms with Gasteiger partial charge in [0, 0.05) is 31.6 Å². The van der Waals surface area contributed by atoms with Crippen molar-refractivity contribution in [3.63, 3.8) is 0 Å². The first-order valence-electron chi connectivity index (χ1n) is 10.9. The number of para-hydroxylation sites is 1. The topological polar surface area (TPSA) is 78.1 Å². The summed E-state index contributed by atoms with van der Waals surface area (Å²) in [6.07, 6.45) is 3.83. The third-order valence-electron chi connectivity index (χ3n) is 6.00. The van der Waals surface area contributed by atoms with Gasteiger partial charge in [-0.1, -0.05) is 42.5 Å². The van der Waals surface area contributed by atoms with Crippen molar-refractivity contribution >= 4 is 29.1 Å². The Morgan fingerprint density at radius 3 is 2.53 bits per heavy atom. The molecule has 0 amide bonds. The molecule has 0 aliphatic carbocycles. The van der Waals surface area contributed by atoms with Crippen molar-refractivity contribution in [3.05, 3.63) is 76.1 Å². The van der Waals surface area contributed by atoms with E-state index in [1.54, 1.807) is 25.2 Å². The fraction of sp³-hybridized carbons (Fsp3) is 0.360. The van der Waals surface area contributed by atoms with E-state index >= 15 is 0 Å². The Kier molecular flexibility index (Phi) is 8.31. The van der Waals surface area contributed by atoms with Crippen LogP contribution in [0.5, 0.6) is 5.75 Å². The summed E-state index contributed by atoms with van der Waals surface area (Å²) >= 11 is 0. The van der Waals surface area contributed by atoms with E-state index in [9.17, 15) is 9.90 Å². The first kappa shape index (κ1) is 23.8. The lowest BCUT2D eigenvalue weighted by atomic mass is 9.86. The number of nitrogens with one attached hydrogen (secondary N) is 1. The van der Waals surface area contributed by atoms with Crippen LogP contribution in [-0.2, 0) is 0 Å². The second-order valence-corrected chi connectivity index (χ2v) is 8.02. The van der Waals surface area contributed by atoms with E-state index in [1.807, 2.05) is 36.4 Å². The van der Waals surface area contributed by atoms with E-state index in [1.165, 1.54) is 12.8 Å². The van der Waals surface area contributed by atoms with Crippen molar-refractivity contribution in [3.8, 4) is 5.75 Å². The quantitative estimate of drug-likeness (QED) is 0.297. The average molecular weight is 456 g/mol. The number of hydrazone groups is 1. The van der Waals surface area contributed by atoms with Gasteiger partial charge in [0.15, 0.2) is 0 Å². The van der Waals surface area contributed by atoms with Gasteiger partial charge in [0.2, 0.25) is 0 Å². The van der Waals surface area contributed by atoms with E-state index in [4.69, 9.17) is 4.42 Å². The van der Waals surface area contributed by atoms with Gasteiger partial charge in [0.1, 0.15) is 11.3 Å². The van der Waals surface area contributed by atoms with Crippen LogP contribution in [0.15, 0.2) is 68.9 Å². The van der Waals surface area contributed by atoms with Gasteiger partial charge >= 0.3 is 5.63 Å². The van der Waals surface area contributed by atoms with Crippen molar-refractivity contribution < 1.29 is 9.52 Å². The minimum atomic E-state index is -0.506. The molecule has 1 aromatic heterocycles. The monoisotopic (exact) mass is 455 g/mol. The van der Waals surface area contributed by atoms with Crippen molar-refractivity contribution in [2.45, 2.75) is 31.6 Å². The molecule has 170 valence electrons. The zero-order valence-corrected chi connectivity index (χ0v) is 19.1. The predicted octanol–water partition coefficient (Wildman–Crippen LogP) is 4.50. The number of hydrogen-bond acceptors (Lipinski definition) is 6. The van der Waals surface area contributed by atoms with E-state index in [0.717, 1.165) is 37.3 Å². The van der Waals surface area contributed by atoms with Crippen molar-refractivity contribution in [2.75, 3.05) is 26.7 Å². The summed E-state index contributed by atoms with van der Waals surface area (Å²) in [6, 6.07) is 16.9. The summed E-state index contributed by atoms with van der Waals surface area (Å²) in [5.41, 5.74) is 5.00. The molecule has 6 nitrogen and oxygen atoms in total. The Balaban J connectivity index is 0.00000289. The maximum Gasteiger partial charge on any atom is 0.343 e. The van der Waals surface area contributed by atoms with Gasteiger partial charge in [-0.25, -0.2) is 4.79 Å². The summed E-state index contributed by atoms with van der Waals surface area (Å²) in [6.45, 7) is 3.20. The zero-order chi connectivity index (χ0) is 21.6. The summed E-state index contributed by atoms with van der Waals surface area (Å²) < 4.78 is 5.58. The maximum absolute atomic E-state index is 13.0. The van der Waals surface area contributed by atoms with Gasteiger partial charge in [-0.3, -0.25) is 0 Å². The Hall–Kier alpha value is -2.83. The number of fused-ring (bicyclic) bond motifs is 1. The molecular weight excluding hydrogens is 426 g/mol. The molecule has 1 atom stereocenters. The first-order chi connectivity index (χ1) is 15.2. The second-order valence-electron chi connectivity index (χ2n) is 8.02. The third-order valence-corrected chi connectivity index (χ3v) is 6.00. The molecule has 1 aliphatic rings. The fourth-order valence-electron chi connectivity index (χ4n) is 4.42. The number of benzene rings is 2. The van der Waals surface area contributed by atoms with E-state index < -0.39 is 5.63 Å². The highest BCUT2D eigenvalue weighted by Gasteiger charge is 2.26. The highest BCUT2D eigenvalue weighted by molar-refractivity contribution is 5.87. The summed E-state index contributed by atoms with van der Waals surface area (Å²) in [5, 5.41) is 16.2. The highest BCUT2D eigenvalue weighted by Crippen LogP contribution is 2.36. The molecule has 1 saturated heterocycles. The van der Waals surface area contributed by atoms with Crippen LogP contribution in [0.3, 0.4) is 0 Å². The Morgan fingerprint density at radius 2 is 1.81 bits per heavy atom. The third kappa shape index (κ3) is 5.31. The molecular formula is C25H30ClN3O3. The number of rotatable bonds is 8. The molecule has 1 aliphatic heterocycles. The molecule has 2 heterocycles. The molecule has 2 aromatic carbocycles. The minimum Gasteiger partial charge on any atom is -0.507 e. The van der Waals surface area contributed by atoms with Crippen molar-refractivity contribution in [1.29, 1.82) is 0 Å². The minimum absolute atomic E-state index is 0. The van der Waals surface area contributed by atoms with Crippen LogP contribution in [0.4, 0.5) is 0 Å². The Labute approximate surface area is 194 Å². The fourth-order valence-corrected chi connectivity index (χ4v) is 4.42. The molecule has 7 heteroatoms. The number of nitrogens with zero attached hydrogens (tertiary/aromatic N) is 2. The molecule has 0 radical (unpaired) electrons. The first-order valence-corrected chi connectivity index (χ1v) is 10.9. The number of aromatic hydroxyl groups is 1. The Bertz CT molecular complexity index is 1110. The van der Waals surface area contributed by atoms with E-state index in [2.05, 4.69) is 15.4 Å². The largest absolute Gasteiger partial charge is 0.507 e. The summed E-state index contributed by atoms with van der Waals surface area (Å²) in [7, 11) is 1.79. The highest BCUT2D eigenvalue weighted by atomic mass is 35.5. The van der Waals surface area contributed by atoms with Crippen LogP contribution in [0.1, 0.15) is 42.7 Å². The number of hydrogen-bond donors (Lipinski definition) is 2. The lowest BCUT2D eigenvalue weighted by Crippen LogP contribution is -2.25. The predicted molar refractivity (Wildman–Crippen MR) is 131 cm³/mol. The van der Waals surface area contributed by atoms with Crippen LogP contribution < -0.4 is 11.1 Å². The zero-order valence-electron chi connectivity index (χ0n) is 18.3. The van der Waals surface area contributed by atoms with Gasteiger partial charge < -0.3 is 19.8 Å². The lowest BCUT2D eigenvalue weighted by Gasteiger charge is -2.21. The van der Waals surface area contributed by atoms with Gasteiger partial charge in [0.05, 0.1) is 10.9 Å². The normalized spacial score (nSPS) is 15.5. The van der Waals surface area contributed by atoms with Gasteiger partial charge in [0.25, 0.3) is 0 Å².